The van der Waals surface area contributed by atoms with Gasteiger partial charge in [-0.3, -0.25) is 14.2 Å². The van der Waals surface area contributed by atoms with Crippen molar-refractivity contribution in [3.05, 3.63) is 62.0 Å². The van der Waals surface area contributed by atoms with Gasteiger partial charge in [-0.15, -0.1) is 11.3 Å². The number of hydrogen-bond donors (Lipinski definition) is 0. The number of thiazole rings is 1. The van der Waals surface area contributed by atoms with Crippen molar-refractivity contribution in [2.45, 2.75) is 19.9 Å². The average molecular weight is 312 g/mol. The maximum Gasteiger partial charge on any atom is 0.268 e. The van der Waals surface area contributed by atoms with Crippen molar-refractivity contribution in [3.8, 4) is 11.3 Å². The number of aromatic nitrogens is 3. The van der Waals surface area contributed by atoms with Crippen LogP contribution in [-0.2, 0) is 0 Å². The third-order valence-corrected chi connectivity index (χ3v) is 4.25. The molecule has 0 saturated heterocycles. The Morgan fingerprint density at radius 2 is 2.27 bits per heavy atom. The molecule has 22 heavy (non-hydrogen) atoms. The first kappa shape index (κ1) is 14.2. The second-order valence-corrected chi connectivity index (χ2v) is 5.60. The van der Waals surface area contributed by atoms with Gasteiger partial charge in [-0.1, -0.05) is 18.1 Å². The van der Waals surface area contributed by atoms with Crippen LogP contribution in [0.25, 0.3) is 26.7 Å². The first-order valence-corrected chi connectivity index (χ1v) is 7.48. The zero-order chi connectivity index (χ0) is 15.7. The third-order valence-electron chi connectivity index (χ3n) is 3.31. The van der Waals surface area contributed by atoms with E-state index in [0.29, 0.717) is 21.9 Å². The Balaban J connectivity index is 2.42. The van der Waals surface area contributed by atoms with Gasteiger partial charge in [-0.05, 0) is 24.6 Å². The predicted molar refractivity (Wildman–Crippen MR) is 84.9 cm³/mol. The van der Waals surface area contributed by atoms with Gasteiger partial charge in [0, 0.05) is 22.2 Å². The Bertz CT molecular complexity index is 939. The van der Waals surface area contributed by atoms with E-state index < -0.39 is 6.04 Å². The number of nitrogens with zero attached hydrogens (tertiary/aromatic N) is 6. The van der Waals surface area contributed by atoms with Crippen LogP contribution in [0.15, 0.2) is 39.7 Å². The molecule has 0 fully saturated rings. The molecule has 3 aromatic heterocycles. The second-order valence-electron chi connectivity index (χ2n) is 4.77. The molecule has 0 amide bonds. The van der Waals surface area contributed by atoms with Crippen molar-refractivity contribution in [2.24, 2.45) is 5.11 Å². The second kappa shape index (κ2) is 5.59. The Hall–Kier alpha value is -2.70. The highest BCUT2D eigenvalue weighted by atomic mass is 32.1. The van der Waals surface area contributed by atoms with Crippen LogP contribution in [0.4, 0.5) is 0 Å². The first-order valence-electron chi connectivity index (χ1n) is 6.60. The third kappa shape index (κ3) is 2.24. The summed E-state index contributed by atoms with van der Waals surface area (Å²) < 4.78 is 1.56. The van der Waals surface area contributed by atoms with E-state index in [4.69, 9.17) is 5.53 Å². The molecule has 0 N–H and O–H groups in total. The van der Waals surface area contributed by atoms with Crippen molar-refractivity contribution in [1.29, 1.82) is 0 Å². The minimum absolute atomic E-state index is 0.197. The van der Waals surface area contributed by atoms with Gasteiger partial charge in [-0.25, -0.2) is 4.98 Å². The zero-order valence-electron chi connectivity index (χ0n) is 12.0. The molecule has 0 saturated carbocycles. The average Bonchev–Trinajstić information content (AvgIpc) is 2.90. The molecule has 0 aliphatic carbocycles. The molecule has 0 aromatic carbocycles. The standard InChI is InChI=1S/C14H12N6OS/c1-8-7-22-14-17-12(9(2)18-19-15)11(13(21)20(8)14)10-5-3-4-6-16-10/h3-7,9H,1-2H3. The van der Waals surface area contributed by atoms with Gasteiger partial charge < -0.3 is 0 Å². The lowest BCUT2D eigenvalue weighted by atomic mass is 10.1. The van der Waals surface area contributed by atoms with Crippen molar-refractivity contribution in [2.75, 3.05) is 0 Å². The van der Waals surface area contributed by atoms with Gasteiger partial charge in [0.05, 0.1) is 23.0 Å². The Labute approximate surface area is 129 Å². The summed E-state index contributed by atoms with van der Waals surface area (Å²) in [4.78, 5) is 25.1. The molecular formula is C14H12N6OS. The highest BCUT2D eigenvalue weighted by Crippen LogP contribution is 2.26. The number of hydrogen-bond acceptors (Lipinski definition) is 5. The Kier molecular flexibility index (Phi) is 3.62. The molecule has 0 radical (unpaired) electrons. The number of aryl methyl sites for hydroxylation is 1. The molecule has 8 heteroatoms. The van der Waals surface area contributed by atoms with Crippen molar-refractivity contribution in [3.63, 3.8) is 0 Å². The first-order chi connectivity index (χ1) is 10.6. The van der Waals surface area contributed by atoms with E-state index >= 15 is 0 Å². The van der Waals surface area contributed by atoms with Crippen LogP contribution >= 0.6 is 11.3 Å². The fourth-order valence-electron chi connectivity index (χ4n) is 2.28. The van der Waals surface area contributed by atoms with Crippen LogP contribution < -0.4 is 5.56 Å². The van der Waals surface area contributed by atoms with Gasteiger partial charge in [0.1, 0.15) is 0 Å². The van der Waals surface area contributed by atoms with E-state index in [1.54, 1.807) is 35.7 Å². The largest absolute Gasteiger partial charge is 0.268 e. The fourth-order valence-corrected chi connectivity index (χ4v) is 3.15. The van der Waals surface area contributed by atoms with Crippen molar-refractivity contribution < 1.29 is 0 Å². The van der Waals surface area contributed by atoms with Crippen LogP contribution in [0.5, 0.6) is 0 Å². The molecule has 0 bridgehead atoms. The summed E-state index contributed by atoms with van der Waals surface area (Å²) in [6.45, 7) is 3.57. The normalized spacial score (nSPS) is 12.1. The molecule has 1 atom stereocenters. The summed E-state index contributed by atoms with van der Waals surface area (Å²) in [6.07, 6.45) is 1.62. The molecular weight excluding hydrogens is 300 g/mol. The van der Waals surface area contributed by atoms with E-state index in [0.717, 1.165) is 5.69 Å². The SMILES string of the molecule is Cc1csc2nc(C(C)N=[N+]=[N-])c(-c3ccccn3)c(=O)n12. The minimum Gasteiger partial charge on any atom is -0.268 e. The van der Waals surface area contributed by atoms with E-state index in [1.165, 1.54) is 11.3 Å². The van der Waals surface area contributed by atoms with Crippen molar-refractivity contribution in [1.82, 2.24) is 14.4 Å². The summed E-state index contributed by atoms with van der Waals surface area (Å²) in [6, 6.07) is 4.78. The highest BCUT2D eigenvalue weighted by Gasteiger charge is 2.21. The maximum absolute atomic E-state index is 12.9. The minimum atomic E-state index is -0.554. The number of rotatable bonds is 3. The van der Waals surface area contributed by atoms with Crippen LogP contribution in [0.2, 0.25) is 0 Å². The maximum atomic E-state index is 12.9. The highest BCUT2D eigenvalue weighted by molar-refractivity contribution is 7.15. The van der Waals surface area contributed by atoms with Gasteiger partial charge >= 0.3 is 0 Å². The quantitative estimate of drug-likeness (QED) is 0.420. The van der Waals surface area contributed by atoms with E-state index in [-0.39, 0.29) is 5.56 Å². The molecule has 0 aliphatic rings. The van der Waals surface area contributed by atoms with Crippen LogP contribution in [0.3, 0.4) is 0 Å². The summed E-state index contributed by atoms with van der Waals surface area (Å²) in [5.41, 5.74) is 10.6. The smallest absolute Gasteiger partial charge is 0.268 e. The number of pyridine rings is 1. The molecule has 0 spiro atoms. The van der Waals surface area contributed by atoms with E-state index in [1.807, 2.05) is 12.3 Å². The van der Waals surface area contributed by atoms with Crippen LogP contribution in [-0.4, -0.2) is 14.4 Å². The fraction of sp³-hybridized carbons (Fsp3) is 0.214. The number of azide groups is 1. The van der Waals surface area contributed by atoms with Crippen LogP contribution in [0, 0.1) is 6.92 Å². The van der Waals surface area contributed by atoms with Gasteiger partial charge in [0.15, 0.2) is 4.96 Å². The summed E-state index contributed by atoms with van der Waals surface area (Å²) >= 11 is 1.38. The Morgan fingerprint density at radius 3 is 2.95 bits per heavy atom. The van der Waals surface area contributed by atoms with Gasteiger partial charge in [0.25, 0.3) is 5.56 Å². The molecule has 1 unspecified atom stereocenters. The van der Waals surface area contributed by atoms with E-state index in [2.05, 4.69) is 20.0 Å². The van der Waals surface area contributed by atoms with Gasteiger partial charge in [0.2, 0.25) is 0 Å². The lowest BCUT2D eigenvalue weighted by Crippen LogP contribution is -2.20. The molecule has 110 valence electrons. The van der Waals surface area contributed by atoms with Crippen molar-refractivity contribution >= 4 is 16.3 Å². The molecule has 3 aromatic rings. The molecule has 7 nitrogen and oxygen atoms in total. The predicted octanol–water partition coefficient (Wildman–Crippen LogP) is 3.50. The molecule has 3 heterocycles. The monoisotopic (exact) mass is 312 g/mol. The van der Waals surface area contributed by atoms with Gasteiger partial charge in [-0.2, -0.15) is 0 Å². The zero-order valence-corrected chi connectivity index (χ0v) is 12.8. The summed E-state index contributed by atoms with van der Waals surface area (Å²) in [7, 11) is 0. The molecule has 3 rings (SSSR count). The summed E-state index contributed by atoms with van der Waals surface area (Å²) in [5.74, 6) is 0. The molecule has 0 aliphatic heterocycles. The lowest BCUT2D eigenvalue weighted by molar-refractivity contribution is 0.769. The lowest BCUT2D eigenvalue weighted by Gasteiger charge is -2.11. The van der Waals surface area contributed by atoms with E-state index in [9.17, 15) is 4.79 Å². The number of fused-ring (bicyclic) bond motifs is 1. The topological polar surface area (TPSA) is 96.0 Å². The van der Waals surface area contributed by atoms with Crippen LogP contribution in [0.1, 0.15) is 24.4 Å². The summed E-state index contributed by atoms with van der Waals surface area (Å²) in [5, 5.41) is 5.55. The Morgan fingerprint density at radius 1 is 1.45 bits per heavy atom.